The van der Waals surface area contributed by atoms with Crippen molar-refractivity contribution in [1.29, 1.82) is 0 Å². The Morgan fingerprint density at radius 2 is 1.38 bits per heavy atom. The zero-order chi connectivity index (χ0) is 11.5. The first-order valence-corrected chi connectivity index (χ1v) is 7.36. The van der Waals surface area contributed by atoms with Crippen LogP contribution in [-0.4, -0.2) is 37.6 Å². The van der Waals surface area contributed by atoms with Gasteiger partial charge in [-0.1, -0.05) is 51.9 Å². The van der Waals surface area contributed by atoms with Crippen LogP contribution in [0.1, 0.15) is 58.3 Å². The molecule has 1 aliphatic rings. The molecule has 16 heavy (non-hydrogen) atoms. The zero-order valence-corrected chi connectivity index (χ0v) is 11.1. The van der Waals surface area contributed by atoms with Crippen LogP contribution in [0.4, 0.5) is 0 Å². The van der Waals surface area contributed by atoms with E-state index < -0.39 is 0 Å². The molecule has 0 amide bonds. The lowest BCUT2D eigenvalue weighted by Gasteiger charge is -2.27. The van der Waals surface area contributed by atoms with Crippen LogP contribution in [0.5, 0.6) is 0 Å². The van der Waals surface area contributed by atoms with Gasteiger partial charge in [-0.15, -0.1) is 0 Å². The summed E-state index contributed by atoms with van der Waals surface area (Å²) in [5.41, 5.74) is 0. The van der Waals surface area contributed by atoms with Crippen molar-refractivity contribution in [2.24, 2.45) is 0 Å². The van der Waals surface area contributed by atoms with E-state index in [9.17, 15) is 0 Å². The summed E-state index contributed by atoms with van der Waals surface area (Å²) in [5, 5.41) is 3.40. The topological polar surface area (TPSA) is 15.3 Å². The van der Waals surface area contributed by atoms with Crippen molar-refractivity contribution in [2.75, 3.05) is 32.7 Å². The maximum absolute atomic E-state index is 3.40. The molecule has 1 heterocycles. The molecule has 0 aromatic carbocycles. The fourth-order valence-corrected chi connectivity index (χ4v) is 2.40. The van der Waals surface area contributed by atoms with Crippen LogP contribution in [0.15, 0.2) is 0 Å². The number of unbranched alkanes of at least 4 members (excludes halogenated alkanes) is 7. The van der Waals surface area contributed by atoms with Crippen molar-refractivity contribution in [1.82, 2.24) is 10.2 Å². The SMILES string of the molecule is CCCCCCCCCCN1CCNCC1. The number of rotatable bonds is 9. The van der Waals surface area contributed by atoms with Gasteiger partial charge in [-0.25, -0.2) is 0 Å². The van der Waals surface area contributed by atoms with Crippen LogP contribution in [0, 0.1) is 0 Å². The van der Waals surface area contributed by atoms with Gasteiger partial charge < -0.3 is 10.2 Å². The lowest BCUT2D eigenvalue weighted by molar-refractivity contribution is 0.236. The summed E-state index contributed by atoms with van der Waals surface area (Å²) in [4.78, 5) is 2.60. The molecule has 0 aliphatic carbocycles. The van der Waals surface area contributed by atoms with E-state index in [0.29, 0.717) is 0 Å². The summed E-state index contributed by atoms with van der Waals surface area (Å²) < 4.78 is 0. The Morgan fingerprint density at radius 1 is 0.812 bits per heavy atom. The van der Waals surface area contributed by atoms with Gasteiger partial charge in [0.25, 0.3) is 0 Å². The monoisotopic (exact) mass is 226 g/mol. The van der Waals surface area contributed by atoms with E-state index in [1.165, 1.54) is 84.1 Å². The highest BCUT2D eigenvalue weighted by atomic mass is 15.2. The minimum atomic E-state index is 1.19. The van der Waals surface area contributed by atoms with Crippen molar-refractivity contribution in [2.45, 2.75) is 58.3 Å². The standard InChI is InChI=1S/C14H30N2/c1-2-3-4-5-6-7-8-9-12-16-13-10-15-11-14-16/h15H,2-14H2,1H3. The van der Waals surface area contributed by atoms with Crippen LogP contribution in [-0.2, 0) is 0 Å². The summed E-state index contributed by atoms with van der Waals surface area (Å²) in [7, 11) is 0. The molecular weight excluding hydrogens is 196 g/mol. The maximum Gasteiger partial charge on any atom is 0.0107 e. The molecule has 0 bridgehead atoms. The van der Waals surface area contributed by atoms with Gasteiger partial charge in [-0.3, -0.25) is 0 Å². The summed E-state index contributed by atoms with van der Waals surface area (Å²) >= 11 is 0. The molecule has 0 atom stereocenters. The second-order valence-electron chi connectivity index (χ2n) is 5.07. The van der Waals surface area contributed by atoms with Crippen LogP contribution in [0.3, 0.4) is 0 Å². The molecule has 0 aromatic heterocycles. The van der Waals surface area contributed by atoms with Gasteiger partial charge in [0.15, 0.2) is 0 Å². The van der Waals surface area contributed by atoms with Crippen molar-refractivity contribution >= 4 is 0 Å². The van der Waals surface area contributed by atoms with Crippen LogP contribution in [0.25, 0.3) is 0 Å². The molecule has 0 aromatic rings. The number of hydrogen-bond acceptors (Lipinski definition) is 2. The van der Waals surface area contributed by atoms with Crippen LogP contribution in [0.2, 0.25) is 0 Å². The third-order valence-electron chi connectivity index (χ3n) is 3.54. The third-order valence-corrected chi connectivity index (χ3v) is 3.54. The van der Waals surface area contributed by atoms with E-state index in [0.717, 1.165) is 0 Å². The minimum Gasteiger partial charge on any atom is -0.314 e. The molecule has 0 unspecified atom stereocenters. The second-order valence-corrected chi connectivity index (χ2v) is 5.07. The molecular formula is C14H30N2. The molecule has 2 heteroatoms. The Morgan fingerprint density at radius 3 is 2.00 bits per heavy atom. The quantitative estimate of drug-likeness (QED) is 0.608. The van der Waals surface area contributed by atoms with Crippen molar-refractivity contribution in [3.63, 3.8) is 0 Å². The Kier molecular flexibility index (Phi) is 8.83. The highest BCUT2D eigenvalue weighted by Crippen LogP contribution is 2.08. The lowest BCUT2D eigenvalue weighted by atomic mass is 10.1. The molecule has 0 saturated carbocycles. The van der Waals surface area contributed by atoms with E-state index in [1.54, 1.807) is 0 Å². The molecule has 1 aliphatic heterocycles. The fraction of sp³-hybridized carbons (Fsp3) is 1.00. The largest absolute Gasteiger partial charge is 0.314 e. The first-order chi connectivity index (χ1) is 7.93. The number of piperazine rings is 1. The number of nitrogens with zero attached hydrogens (tertiary/aromatic N) is 1. The lowest BCUT2D eigenvalue weighted by Crippen LogP contribution is -2.43. The molecule has 96 valence electrons. The predicted molar refractivity (Wildman–Crippen MR) is 71.9 cm³/mol. The average molecular weight is 226 g/mol. The zero-order valence-electron chi connectivity index (χ0n) is 11.1. The van der Waals surface area contributed by atoms with Crippen molar-refractivity contribution in [3.05, 3.63) is 0 Å². The Balaban J connectivity index is 1.77. The van der Waals surface area contributed by atoms with E-state index in [2.05, 4.69) is 17.1 Å². The first-order valence-electron chi connectivity index (χ1n) is 7.36. The second kappa shape index (κ2) is 10.1. The predicted octanol–water partition coefficient (Wildman–Crippen LogP) is 3.03. The van der Waals surface area contributed by atoms with E-state index in [4.69, 9.17) is 0 Å². The molecule has 1 fully saturated rings. The average Bonchev–Trinajstić information content (AvgIpc) is 2.34. The highest BCUT2D eigenvalue weighted by Gasteiger charge is 2.07. The Bertz CT molecular complexity index is 142. The number of hydrogen-bond donors (Lipinski definition) is 1. The summed E-state index contributed by atoms with van der Waals surface area (Å²) in [6, 6.07) is 0. The van der Waals surface area contributed by atoms with E-state index in [1.807, 2.05) is 0 Å². The number of nitrogens with one attached hydrogen (secondary N) is 1. The molecule has 0 spiro atoms. The fourth-order valence-electron chi connectivity index (χ4n) is 2.40. The van der Waals surface area contributed by atoms with Gasteiger partial charge in [0.1, 0.15) is 0 Å². The van der Waals surface area contributed by atoms with Crippen molar-refractivity contribution < 1.29 is 0 Å². The van der Waals surface area contributed by atoms with Gasteiger partial charge in [-0.05, 0) is 13.0 Å². The summed E-state index contributed by atoms with van der Waals surface area (Å²) in [6.07, 6.45) is 11.5. The molecule has 1 saturated heterocycles. The van der Waals surface area contributed by atoms with Gasteiger partial charge in [0, 0.05) is 26.2 Å². The first kappa shape index (κ1) is 14.0. The Labute approximate surface area is 102 Å². The van der Waals surface area contributed by atoms with Gasteiger partial charge in [-0.2, -0.15) is 0 Å². The van der Waals surface area contributed by atoms with E-state index in [-0.39, 0.29) is 0 Å². The van der Waals surface area contributed by atoms with Crippen LogP contribution >= 0.6 is 0 Å². The third kappa shape index (κ3) is 7.24. The van der Waals surface area contributed by atoms with E-state index >= 15 is 0 Å². The molecule has 0 radical (unpaired) electrons. The minimum absolute atomic E-state index is 1.19. The molecule has 1 N–H and O–H groups in total. The maximum atomic E-state index is 3.40. The summed E-state index contributed by atoms with van der Waals surface area (Å²) in [5.74, 6) is 0. The highest BCUT2D eigenvalue weighted by molar-refractivity contribution is 4.67. The molecule has 1 rings (SSSR count). The van der Waals surface area contributed by atoms with Crippen LogP contribution < -0.4 is 5.32 Å². The van der Waals surface area contributed by atoms with Crippen molar-refractivity contribution in [3.8, 4) is 0 Å². The smallest absolute Gasteiger partial charge is 0.0107 e. The molecule has 2 nitrogen and oxygen atoms in total. The Hall–Kier alpha value is -0.0800. The normalized spacial score (nSPS) is 17.8. The van der Waals surface area contributed by atoms with Gasteiger partial charge >= 0.3 is 0 Å². The van der Waals surface area contributed by atoms with Gasteiger partial charge in [0.05, 0.1) is 0 Å². The van der Waals surface area contributed by atoms with Gasteiger partial charge in [0.2, 0.25) is 0 Å². The summed E-state index contributed by atoms with van der Waals surface area (Å²) in [6.45, 7) is 8.52.